The molecular weight excluding hydrogens is 234 g/mol. The first-order valence-electron chi connectivity index (χ1n) is 6.25. The first-order valence-corrected chi connectivity index (χ1v) is 6.25. The summed E-state index contributed by atoms with van der Waals surface area (Å²) in [5.74, 6) is 0.115. The van der Waals surface area contributed by atoms with Gasteiger partial charge >= 0.3 is 0 Å². The third-order valence-corrected chi connectivity index (χ3v) is 3.64. The summed E-state index contributed by atoms with van der Waals surface area (Å²) in [4.78, 5) is 18.2. The Hall–Kier alpha value is -1.40. The van der Waals surface area contributed by atoms with Crippen molar-refractivity contribution in [3.8, 4) is 0 Å². The minimum atomic E-state index is -0.406. The summed E-state index contributed by atoms with van der Waals surface area (Å²) in [7, 11) is 1.74. The number of rotatable bonds is 1. The second-order valence-corrected chi connectivity index (χ2v) is 4.76. The number of piperidine rings is 1. The van der Waals surface area contributed by atoms with Crippen molar-refractivity contribution in [2.45, 2.75) is 18.6 Å². The van der Waals surface area contributed by atoms with Crippen LogP contribution in [0.1, 0.15) is 12.8 Å². The van der Waals surface area contributed by atoms with E-state index < -0.39 is 5.79 Å². The van der Waals surface area contributed by atoms with Crippen LogP contribution in [0.25, 0.3) is 0 Å². The molecule has 98 valence electrons. The third-order valence-electron chi connectivity index (χ3n) is 3.64. The molecular formula is C12H17N3O3. The van der Waals surface area contributed by atoms with Gasteiger partial charge in [0.05, 0.1) is 13.2 Å². The monoisotopic (exact) mass is 251 g/mol. The summed E-state index contributed by atoms with van der Waals surface area (Å²) >= 11 is 0. The van der Waals surface area contributed by atoms with Crippen molar-refractivity contribution < 1.29 is 9.47 Å². The molecule has 0 N–H and O–H groups in total. The van der Waals surface area contributed by atoms with E-state index in [2.05, 4.69) is 4.98 Å². The van der Waals surface area contributed by atoms with Crippen molar-refractivity contribution in [1.29, 1.82) is 0 Å². The molecule has 6 nitrogen and oxygen atoms in total. The highest BCUT2D eigenvalue weighted by atomic mass is 16.7. The molecule has 1 aromatic rings. The highest BCUT2D eigenvalue weighted by Crippen LogP contribution is 2.31. The molecule has 2 fully saturated rings. The number of aromatic nitrogens is 2. The van der Waals surface area contributed by atoms with Gasteiger partial charge in [-0.15, -0.1) is 0 Å². The predicted octanol–water partition coefficient (Wildman–Crippen LogP) is 0.124. The lowest BCUT2D eigenvalue weighted by Gasteiger charge is -2.37. The molecule has 0 aliphatic carbocycles. The predicted molar refractivity (Wildman–Crippen MR) is 65.6 cm³/mol. The lowest BCUT2D eigenvalue weighted by Crippen LogP contribution is -2.47. The standard InChI is InChI=1S/C12H17N3O3/c1-14-7-4-13-10(11(14)16)15-5-2-12(3-6-15)17-8-9-18-12/h4,7H,2-3,5-6,8-9H2,1H3. The largest absolute Gasteiger partial charge is 0.352 e. The minimum Gasteiger partial charge on any atom is -0.352 e. The average Bonchev–Trinajstić information content (AvgIpc) is 2.83. The molecule has 0 amide bonds. The van der Waals surface area contributed by atoms with E-state index in [4.69, 9.17) is 9.47 Å². The SMILES string of the molecule is Cn1ccnc(N2CCC3(CC2)OCCO3)c1=O. The zero-order valence-corrected chi connectivity index (χ0v) is 10.5. The number of anilines is 1. The second kappa shape index (κ2) is 4.37. The van der Waals surface area contributed by atoms with Gasteiger partial charge in [-0.25, -0.2) is 4.98 Å². The second-order valence-electron chi connectivity index (χ2n) is 4.76. The van der Waals surface area contributed by atoms with Gasteiger partial charge in [0, 0.05) is 45.4 Å². The molecule has 0 bridgehead atoms. The Bertz CT molecular complexity index is 484. The van der Waals surface area contributed by atoms with Gasteiger partial charge in [0.2, 0.25) is 0 Å². The van der Waals surface area contributed by atoms with E-state index in [9.17, 15) is 4.79 Å². The van der Waals surface area contributed by atoms with E-state index in [1.54, 1.807) is 24.0 Å². The van der Waals surface area contributed by atoms with Gasteiger partial charge < -0.3 is 18.9 Å². The molecule has 3 heterocycles. The lowest BCUT2D eigenvalue weighted by molar-refractivity contribution is -0.169. The molecule has 0 radical (unpaired) electrons. The summed E-state index contributed by atoms with van der Waals surface area (Å²) < 4.78 is 12.9. The molecule has 2 saturated heterocycles. The summed E-state index contributed by atoms with van der Waals surface area (Å²) in [6.07, 6.45) is 4.89. The third kappa shape index (κ3) is 1.91. The Morgan fingerprint density at radius 3 is 2.61 bits per heavy atom. The molecule has 0 unspecified atom stereocenters. The van der Waals surface area contributed by atoms with Crippen molar-refractivity contribution in [1.82, 2.24) is 9.55 Å². The van der Waals surface area contributed by atoms with Gasteiger partial charge in [0.25, 0.3) is 5.56 Å². The summed E-state index contributed by atoms with van der Waals surface area (Å²) in [6.45, 7) is 2.83. The van der Waals surface area contributed by atoms with E-state index >= 15 is 0 Å². The van der Waals surface area contributed by atoms with Crippen LogP contribution in [-0.4, -0.2) is 41.6 Å². The zero-order valence-electron chi connectivity index (χ0n) is 10.5. The summed E-state index contributed by atoms with van der Waals surface area (Å²) in [5, 5.41) is 0. The minimum absolute atomic E-state index is 0.0540. The number of ether oxygens (including phenoxy) is 2. The van der Waals surface area contributed by atoms with Crippen molar-refractivity contribution in [3.63, 3.8) is 0 Å². The number of hydrogen-bond acceptors (Lipinski definition) is 5. The van der Waals surface area contributed by atoms with Crippen LogP contribution < -0.4 is 10.5 Å². The van der Waals surface area contributed by atoms with Gasteiger partial charge in [-0.05, 0) is 0 Å². The van der Waals surface area contributed by atoms with Crippen LogP contribution in [0.4, 0.5) is 5.82 Å². The highest BCUT2D eigenvalue weighted by Gasteiger charge is 2.40. The topological polar surface area (TPSA) is 56.6 Å². The van der Waals surface area contributed by atoms with Crippen LogP contribution in [0.2, 0.25) is 0 Å². The van der Waals surface area contributed by atoms with Crippen LogP contribution >= 0.6 is 0 Å². The Balaban J connectivity index is 1.76. The van der Waals surface area contributed by atoms with E-state index in [0.717, 1.165) is 25.9 Å². The van der Waals surface area contributed by atoms with Crippen molar-refractivity contribution >= 4 is 5.82 Å². The van der Waals surface area contributed by atoms with Gasteiger partial charge in [0.1, 0.15) is 0 Å². The molecule has 0 saturated carbocycles. The van der Waals surface area contributed by atoms with E-state index in [0.29, 0.717) is 19.0 Å². The normalized spacial score (nSPS) is 22.6. The molecule has 2 aliphatic heterocycles. The number of aryl methyl sites for hydroxylation is 1. The van der Waals surface area contributed by atoms with Gasteiger partial charge in [-0.3, -0.25) is 4.79 Å². The van der Waals surface area contributed by atoms with E-state index in [-0.39, 0.29) is 5.56 Å². The summed E-state index contributed by atoms with van der Waals surface area (Å²) in [6, 6.07) is 0. The maximum Gasteiger partial charge on any atom is 0.293 e. The van der Waals surface area contributed by atoms with Gasteiger partial charge in [-0.1, -0.05) is 0 Å². The smallest absolute Gasteiger partial charge is 0.293 e. The maximum atomic E-state index is 12.0. The molecule has 0 aromatic carbocycles. The Labute approximate surface area is 105 Å². The van der Waals surface area contributed by atoms with Crippen LogP contribution in [0.3, 0.4) is 0 Å². The fraction of sp³-hybridized carbons (Fsp3) is 0.667. The Kier molecular flexibility index (Phi) is 2.83. The zero-order chi connectivity index (χ0) is 12.6. The fourth-order valence-electron chi connectivity index (χ4n) is 2.55. The molecule has 0 atom stereocenters. The molecule has 18 heavy (non-hydrogen) atoms. The van der Waals surface area contributed by atoms with Crippen molar-refractivity contribution in [3.05, 3.63) is 22.7 Å². The van der Waals surface area contributed by atoms with Gasteiger partial charge in [0.15, 0.2) is 11.6 Å². The van der Waals surface area contributed by atoms with Crippen molar-refractivity contribution in [2.75, 3.05) is 31.2 Å². The number of nitrogens with zero attached hydrogens (tertiary/aromatic N) is 3. The quantitative estimate of drug-likeness (QED) is 0.710. The number of hydrogen-bond donors (Lipinski definition) is 0. The van der Waals surface area contributed by atoms with Crippen LogP contribution in [-0.2, 0) is 16.5 Å². The highest BCUT2D eigenvalue weighted by molar-refractivity contribution is 5.36. The first kappa shape index (κ1) is 11.7. The molecule has 1 spiro atoms. The molecule has 3 rings (SSSR count). The fourth-order valence-corrected chi connectivity index (χ4v) is 2.55. The van der Waals surface area contributed by atoms with Crippen molar-refractivity contribution in [2.24, 2.45) is 7.05 Å². The Morgan fingerprint density at radius 2 is 1.94 bits per heavy atom. The Morgan fingerprint density at radius 1 is 1.28 bits per heavy atom. The van der Waals surface area contributed by atoms with Crippen LogP contribution in [0, 0.1) is 0 Å². The van der Waals surface area contributed by atoms with Crippen LogP contribution in [0.15, 0.2) is 17.2 Å². The maximum absolute atomic E-state index is 12.0. The van der Waals surface area contributed by atoms with E-state index in [1.807, 2.05) is 4.90 Å². The molecule has 6 heteroatoms. The summed E-state index contributed by atoms with van der Waals surface area (Å²) in [5.41, 5.74) is -0.0540. The van der Waals surface area contributed by atoms with Crippen LogP contribution in [0.5, 0.6) is 0 Å². The lowest BCUT2D eigenvalue weighted by atomic mass is 10.0. The molecule has 2 aliphatic rings. The molecule has 1 aromatic heterocycles. The van der Waals surface area contributed by atoms with Gasteiger partial charge in [-0.2, -0.15) is 0 Å². The van der Waals surface area contributed by atoms with E-state index in [1.165, 1.54) is 0 Å². The first-order chi connectivity index (χ1) is 8.70. The average molecular weight is 251 g/mol.